The summed E-state index contributed by atoms with van der Waals surface area (Å²) < 4.78 is 65.3. The van der Waals surface area contributed by atoms with Gasteiger partial charge in [-0.15, -0.1) is 0 Å². The van der Waals surface area contributed by atoms with Gasteiger partial charge in [0, 0.05) is 58.3 Å². The predicted molar refractivity (Wildman–Crippen MR) is 258 cm³/mol. The average Bonchev–Trinajstić information content (AvgIpc) is 3.67. The number of nitrogens with one attached hydrogen (secondary N) is 1. The van der Waals surface area contributed by atoms with Crippen molar-refractivity contribution in [3.63, 3.8) is 0 Å². The maximum absolute atomic E-state index is 14.4. The molecule has 382 valence electrons. The van der Waals surface area contributed by atoms with E-state index in [1.54, 1.807) is 33.3 Å². The molecule has 1 unspecified atom stereocenters. The van der Waals surface area contributed by atoms with Crippen LogP contribution in [-0.2, 0) is 58.7 Å². The Balaban J connectivity index is 1.03. The van der Waals surface area contributed by atoms with Gasteiger partial charge in [-0.25, -0.2) is 0 Å². The van der Waals surface area contributed by atoms with E-state index in [2.05, 4.69) is 64.2 Å². The van der Waals surface area contributed by atoms with Crippen molar-refractivity contribution >= 4 is 5.97 Å². The zero-order chi connectivity index (χ0) is 49.2. The second-order valence-electron chi connectivity index (χ2n) is 20.9. The topological polar surface area (TPSA) is 162 Å². The van der Waals surface area contributed by atoms with Crippen LogP contribution in [0.15, 0.2) is 89.6 Å². The lowest BCUT2D eigenvalue weighted by atomic mass is 9.71. The van der Waals surface area contributed by atoms with E-state index in [0.29, 0.717) is 49.8 Å². The summed E-state index contributed by atoms with van der Waals surface area (Å²) in [6.45, 7) is 17.2. The van der Waals surface area contributed by atoms with Crippen LogP contribution >= 0.6 is 0 Å². The summed E-state index contributed by atoms with van der Waals surface area (Å²) in [4.78, 5) is 14.4. The molecule has 14 heteroatoms. The summed E-state index contributed by atoms with van der Waals surface area (Å²) in [5.41, 5.74) is 1.36. The van der Waals surface area contributed by atoms with Gasteiger partial charge in [0.05, 0.1) is 55.4 Å². The van der Waals surface area contributed by atoms with Crippen LogP contribution in [0.2, 0.25) is 0 Å². The molecule has 14 nitrogen and oxygen atoms in total. The fraction of sp³-hybridized carbons (Fsp3) is 0.691. The van der Waals surface area contributed by atoms with Gasteiger partial charge in [0.2, 0.25) is 0 Å². The predicted octanol–water partition coefficient (Wildman–Crippen LogP) is 7.17. The number of benzene rings is 1. The van der Waals surface area contributed by atoms with Crippen molar-refractivity contribution in [2.75, 3.05) is 20.8 Å². The van der Waals surface area contributed by atoms with Crippen molar-refractivity contribution in [2.45, 2.75) is 198 Å². The molecule has 8 rings (SSSR count). The van der Waals surface area contributed by atoms with Crippen LogP contribution in [0.1, 0.15) is 99.5 Å². The number of carbonyl (C=O) groups is 1. The molecule has 1 aromatic carbocycles. The Morgan fingerprint density at radius 2 is 1.61 bits per heavy atom. The molecule has 0 aromatic heterocycles. The number of allylic oxidation sites excluding steroid dienone is 2. The van der Waals surface area contributed by atoms with Crippen LogP contribution in [0.3, 0.4) is 0 Å². The van der Waals surface area contributed by atoms with Gasteiger partial charge in [0.1, 0.15) is 35.9 Å². The van der Waals surface area contributed by atoms with Crippen molar-refractivity contribution in [3.05, 3.63) is 95.1 Å². The summed E-state index contributed by atoms with van der Waals surface area (Å²) in [5.74, 6) is -2.54. The molecule has 3 N–H and O–H groups in total. The highest BCUT2D eigenvalue weighted by Gasteiger charge is 2.60. The molecule has 0 amide bonds. The summed E-state index contributed by atoms with van der Waals surface area (Å²) >= 11 is 0. The van der Waals surface area contributed by atoms with Crippen LogP contribution < -0.4 is 5.32 Å². The standard InChI is InChI=1S/C55H79NO13/c1-11-31(2)50-34(5)22-23-54(69-50)28-41-25-40(68-54)21-20-33(4)49(32(3)16-15-19-39-30-62-52-48(57)35(6)24-42(53(58)65-41)55(39,52)59)66-46-27-44(61-10)51(37(8)64-46)67-45-26-43(60-9)47(36(7)63-45)56-29-38-17-13-12-14-18-38/h12-20,22-24,31-32,34,36-37,40-52,56-57,59H,11,21,25-30H2,1-10H3/b16-15+,33-20+,39-19+/t31?,32-,34-,36-,37-,40+,41-,42-,43-,44-,45-,46-,47+,48+,49-,50+,51-,52+,54+,55+/m0/s1. The van der Waals surface area contributed by atoms with Gasteiger partial charge in [-0.05, 0) is 68.4 Å². The molecule has 2 bridgehead atoms. The Labute approximate surface area is 409 Å². The Hall–Kier alpha value is -3.09. The molecule has 69 heavy (non-hydrogen) atoms. The van der Waals surface area contributed by atoms with Crippen LogP contribution in [-0.4, -0.2) is 134 Å². The van der Waals surface area contributed by atoms with Crippen molar-refractivity contribution in [1.82, 2.24) is 5.32 Å². The molecule has 6 heterocycles. The average molecular weight is 962 g/mol. The van der Waals surface area contributed by atoms with E-state index in [9.17, 15) is 15.0 Å². The quantitative estimate of drug-likeness (QED) is 0.151. The molecule has 20 atom stereocenters. The van der Waals surface area contributed by atoms with Crippen LogP contribution in [0.25, 0.3) is 0 Å². The third-order valence-electron chi connectivity index (χ3n) is 15.9. The molecule has 1 aromatic rings. The molecule has 1 aliphatic carbocycles. The first kappa shape index (κ1) is 52.2. The number of aliphatic hydroxyl groups is 2. The van der Waals surface area contributed by atoms with E-state index in [0.717, 1.165) is 12.0 Å². The molecule has 4 saturated heterocycles. The van der Waals surface area contributed by atoms with E-state index in [1.807, 2.05) is 50.3 Å². The van der Waals surface area contributed by atoms with Gasteiger partial charge >= 0.3 is 5.97 Å². The normalized spacial score (nSPS) is 45.3. The van der Waals surface area contributed by atoms with Gasteiger partial charge in [-0.1, -0.05) is 101 Å². The van der Waals surface area contributed by atoms with Crippen LogP contribution in [0.4, 0.5) is 0 Å². The Bertz CT molecular complexity index is 2060. The van der Waals surface area contributed by atoms with E-state index >= 15 is 0 Å². The number of fused-ring (bicyclic) bond motifs is 2. The fourth-order valence-electron chi connectivity index (χ4n) is 11.7. The molecule has 6 aliphatic heterocycles. The molecule has 1 spiro atoms. The van der Waals surface area contributed by atoms with Gasteiger partial charge in [0.15, 0.2) is 18.4 Å². The highest BCUT2D eigenvalue weighted by Crippen LogP contribution is 2.47. The minimum absolute atomic E-state index is 0.0250. The Kier molecular flexibility index (Phi) is 16.9. The number of rotatable bonds is 11. The summed E-state index contributed by atoms with van der Waals surface area (Å²) in [6.07, 6.45) is 10.4. The van der Waals surface area contributed by atoms with Gasteiger partial charge < -0.3 is 62.9 Å². The van der Waals surface area contributed by atoms with E-state index in [4.69, 9.17) is 47.4 Å². The van der Waals surface area contributed by atoms with Crippen molar-refractivity contribution in [1.29, 1.82) is 0 Å². The summed E-state index contributed by atoms with van der Waals surface area (Å²) in [6, 6.07) is 10.3. The lowest BCUT2D eigenvalue weighted by Gasteiger charge is -2.48. The summed E-state index contributed by atoms with van der Waals surface area (Å²) in [7, 11) is 3.42. The van der Waals surface area contributed by atoms with E-state index in [1.165, 1.54) is 5.56 Å². The number of methoxy groups -OCH3 is 2. The maximum atomic E-state index is 14.4. The monoisotopic (exact) mass is 962 g/mol. The minimum Gasteiger partial charge on any atom is -0.462 e. The summed E-state index contributed by atoms with van der Waals surface area (Å²) in [5, 5.41) is 27.5. The SMILES string of the molecule is CCC(C)[C@H]1O[C@]2(C=C[C@@H]1C)C[C@@H]1C[C@@H](C/C=C(\C)[C@@H](O[C@H]3C[C@H](OC)[C@@H](O[C@H]4C[C@H](OC)[C@H](NCc5ccccc5)[C@H](C)O4)[C@H](C)O3)[C@@H](C)/C=C/C=C3\CO[C@@H]4[C@H](O)C(C)=C[C@@H](C(=O)O1)[C@]34O)O2. The van der Waals surface area contributed by atoms with E-state index < -0.39 is 72.5 Å². The second kappa shape index (κ2) is 22.4. The Morgan fingerprint density at radius 1 is 0.884 bits per heavy atom. The molecule has 7 aliphatic rings. The molecule has 4 fully saturated rings. The lowest BCUT2D eigenvalue weighted by Crippen LogP contribution is -2.58. The van der Waals surface area contributed by atoms with Crippen molar-refractivity contribution in [3.8, 4) is 0 Å². The molecule has 0 saturated carbocycles. The van der Waals surface area contributed by atoms with E-state index in [-0.39, 0.29) is 60.9 Å². The van der Waals surface area contributed by atoms with Crippen LogP contribution in [0, 0.1) is 23.7 Å². The Morgan fingerprint density at radius 3 is 2.35 bits per heavy atom. The first-order chi connectivity index (χ1) is 33.1. The third kappa shape index (κ3) is 11.3. The number of carbonyl (C=O) groups excluding carboxylic acids is 1. The number of ether oxygens (including phenoxy) is 10. The highest BCUT2D eigenvalue weighted by atomic mass is 16.7. The van der Waals surface area contributed by atoms with Crippen LogP contribution in [0.5, 0.6) is 0 Å². The lowest BCUT2D eigenvalue weighted by molar-refractivity contribution is -0.312. The fourth-order valence-corrected chi connectivity index (χ4v) is 11.7. The molecular formula is C55H79NO13. The number of aliphatic hydroxyl groups excluding tert-OH is 1. The largest absolute Gasteiger partial charge is 0.462 e. The van der Waals surface area contributed by atoms with Gasteiger partial charge in [-0.3, -0.25) is 4.79 Å². The minimum atomic E-state index is -1.83. The smallest absolute Gasteiger partial charge is 0.316 e. The maximum Gasteiger partial charge on any atom is 0.316 e. The first-order valence-corrected chi connectivity index (χ1v) is 25.5. The second-order valence-corrected chi connectivity index (χ2v) is 20.9. The zero-order valence-corrected chi connectivity index (χ0v) is 42.4. The number of esters is 1. The van der Waals surface area contributed by atoms with Crippen molar-refractivity contribution in [2.24, 2.45) is 23.7 Å². The zero-order valence-electron chi connectivity index (χ0n) is 42.4. The molecule has 0 radical (unpaired) electrons. The number of hydrogen-bond donors (Lipinski definition) is 3. The van der Waals surface area contributed by atoms with Gasteiger partial charge in [0.25, 0.3) is 0 Å². The molecular weight excluding hydrogens is 883 g/mol. The number of hydrogen-bond acceptors (Lipinski definition) is 14. The van der Waals surface area contributed by atoms with Gasteiger partial charge in [-0.2, -0.15) is 0 Å². The first-order valence-electron chi connectivity index (χ1n) is 25.5. The highest BCUT2D eigenvalue weighted by molar-refractivity contribution is 5.78. The van der Waals surface area contributed by atoms with Crippen molar-refractivity contribution < 1.29 is 62.4 Å². The third-order valence-corrected chi connectivity index (χ3v) is 15.9.